The van der Waals surface area contributed by atoms with Crippen LogP contribution in [0.4, 0.5) is 13.2 Å². The molecule has 0 atom stereocenters. The highest BCUT2D eigenvalue weighted by molar-refractivity contribution is 7.89. The molecule has 0 aromatic carbocycles. The maximum Gasteiger partial charge on any atom is 0.411 e. The zero-order chi connectivity index (χ0) is 16.1. The van der Waals surface area contributed by atoms with Crippen LogP contribution < -0.4 is 4.72 Å². The molecule has 21 heavy (non-hydrogen) atoms. The first kappa shape index (κ1) is 17.4. The molecule has 2 N–H and O–H groups in total. The van der Waals surface area contributed by atoms with E-state index in [0.29, 0.717) is 0 Å². The molecule has 0 aliphatic heterocycles. The molecule has 0 saturated heterocycles. The van der Waals surface area contributed by atoms with E-state index in [1.807, 2.05) is 4.72 Å². The van der Waals surface area contributed by atoms with Crippen molar-refractivity contribution in [2.24, 2.45) is 0 Å². The molecule has 0 amide bonds. The van der Waals surface area contributed by atoms with Crippen LogP contribution in [0.15, 0.2) is 17.3 Å². The fourth-order valence-electron chi connectivity index (χ4n) is 1.23. The average molecular weight is 331 g/mol. The first-order chi connectivity index (χ1) is 9.60. The number of sulfonamides is 1. The van der Waals surface area contributed by atoms with Gasteiger partial charge >= 0.3 is 12.1 Å². The van der Waals surface area contributed by atoms with Crippen LogP contribution in [0.2, 0.25) is 0 Å². The second-order valence-corrected chi connectivity index (χ2v) is 5.60. The summed E-state index contributed by atoms with van der Waals surface area (Å²) in [6, 6.07) is 0. The van der Waals surface area contributed by atoms with E-state index in [1.165, 1.54) is 0 Å². The van der Waals surface area contributed by atoms with Gasteiger partial charge in [-0.2, -0.15) is 18.3 Å². The van der Waals surface area contributed by atoms with Gasteiger partial charge in [-0.3, -0.25) is 9.48 Å². The maximum atomic E-state index is 11.8. The number of rotatable bonds is 8. The van der Waals surface area contributed by atoms with E-state index in [4.69, 9.17) is 5.11 Å². The minimum Gasteiger partial charge on any atom is -0.480 e. The average Bonchev–Trinajstić information content (AvgIpc) is 2.75. The summed E-state index contributed by atoms with van der Waals surface area (Å²) in [5.41, 5.74) is 0. The van der Waals surface area contributed by atoms with Crippen LogP contribution in [0.5, 0.6) is 0 Å². The third kappa shape index (κ3) is 6.55. The molecule has 1 rings (SSSR count). The van der Waals surface area contributed by atoms with Gasteiger partial charge in [0.15, 0.2) is 0 Å². The molecule has 12 heteroatoms. The van der Waals surface area contributed by atoms with Crippen LogP contribution in [-0.2, 0) is 26.1 Å². The number of hydrogen-bond donors (Lipinski definition) is 2. The van der Waals surface area contributed by atoms with Crippen molar-refractivity contribution >= 4 is 16.0 Å². The SMILES string of the molecule is O=C(O)Cn1cc(S(=O)(=O)NCCOCC(F)(F)F)cn1. The highest BCUT2D eigenvalue weighted by atomic mass is 32.2. The van der Waals surface area contributed by atoms with E-state index in [0.717, 1.165) is 17.1 Å². The summed E-state index contributed by atoms with van der Waals surface area (Å²) < 4.78 is 65.8. The Balaban J connectivity index is 2.46. The topological polar surface area (TPSA) is 111 Å². The van der Waals surface area contributed by atoms with E-state index in [2.05, 4.69) is 9.84 Å². The number of aliphatic carboxylic acids is 1. The Hall–Kier alpha value is -1.66. The first-order valence-corrected chi connectivity index (χ1v) is 6.97. The zero-order valence-electron chi connectivity index (χ0n) is 10.5. The molecule has 1 aromatic heterocycles. The van der Waals surface area contributed by atoms with Gasteiger partial charge < -0.3 is 9.84 Å². The lowest BCUT2D eigenvalue weighted by molar-refractivity contribution is -0.173. The fraction of sp³-hybridized carbons (Fsp3) is 0.556. The van der Waals surface area contributed by atoms with Crippen molar-refractivity contribution in [3.8, 4) is 0 Å². The Labute approximate surface area is 117 Å². The Kier molecular flexibility index (Phi) is 5.69. The maximum absolute atomic E-state index is 11.8. The van der Waals surface area contributed by atoms with Crippen molar-refractivity contribution in [1.29, 1.82) is 0 Å². The summed E-state index contributed by atoms with van der Waals surface area (Å²) >= 11 is 0. The molecule has 1 heterocycles. The molecule has 120 valence electrons. The summed E-state index contributed by atoms with van der Waals surface area (Å²) in [6.45, 7) is -2.79. The lowest BCUT2D eigenvalue weighted by Crippen LogP contribution is -2.28. The van der Waals surface area contributed by atoms with Crippen LogP contribution in [-0.4, -0.2) is 55.2 Å². The van der Waals surface area contributed by atoms with Crippen LogP contribution in [0.3, 0.4) is 0 Å². The van der Waals surface area contributed by atoms with Crippen molar-refractivity contribution < 1.29 is 36.2 Å². The number of nitrogens with one attached hydrogen (secondary N) is 1. The number of nitrogens with zero attached hydrogens (tertiary/aromatic N) is 2. The van der Waals surface area contributed by atoms with Crippen molar-refractivity contribution in [2.45, 2.75) is 17.6 Å². The molecule has 0 aliphatic carbocycles. The number of carboxylic acid groups (broad SMARTS) is 1. The third-order valence-corrected chi connectivity index (χ3v) is 3.44. The molecule has 0 aliphatic rings. The minimum absolute atomic E-state index is 0.292. The smallest absolute Gasteiger partial charge is 0.411 e. The van der Waals surface area contributed by atoms with Crippen molar-refractivity contribution in [2.75, 3.05) is 19.8 Å². The quantitative estimate of drug-likeness (QED) is 0.640. The molecule has 0 saturated carbocycles. The van der Waals surface area contributed by atoms with Gasteiger partial charge in [0.05, 0.1) is 12.8 Å². The number of alkyl halides is 3. The van der Waals surface area contributed by atoms with Crippen molar-refractivity contribution in [3.05, 3.63) is 12.4 Å². The normalized spacial score (nSPS) is 12.5. The minimum atomic E-state index is -4.48. The van der Waals surface area contributed by atoms with Gasteiger partial charge in [0.1, 0.15) is 18.0 Å². The Morgan fingerprint density at radius 1 is 1.48 bits per heavy atom. The zero-order valence-corrected chi connectivity index (χ0v) is 11.3. The molecule has 8 nitrogen and oxygen atoms in total. The lowest BCUT2D eigenvalue weighted by atomic mass is 10.6. The summed E-state index contributed by atoms with van der Waals surface area (Å²) in [5, 5.41) is 12.0. The van der Waals surface area contributed by atoms with E-state index in [1.54, 1.807) is 0 Å². The highest BCUT2D eigenvalue weighted by Crippen LogP contribution is 2.14. The molecule has 0 bridgehead atoms. The first-order valence-electron chi connectivity index (χ1n) is 5.48. The molecular weight excluding hydrogens is 319 g/mol. The second-order valence-electron chi connectivity index (χ2n) is 3.83. The van der Waals surface area contributed by atoms with Crippen LogP contribution >= 0.6 is 0 Å². The van der Waals surface area contributed by atoms with Gasteiger partial charge in [-0.1, -0.05) is 0 Å². The Bertz CT molecular complexity index is 584. The number of ether oxygens (including phenoxy) is 1. The predicted octanol–water partition coefficient (Wildman–Crippen LogP) is -0.175. The van der Waals surface area contributed by atoms with Crippen LogP contribution in [0, 0.1) is 0 Å². The summed E-state index contributed by atoms with van der Waals surface area (Å²) in [4.78, 5) is 10.1. The largest absolute Gasteiger partial charge is 0.480 e. The van der Waals surface area contributed by atoms with Gasteiger partial charge in [0.2, 0.25) is 10.0 Å². The van der Waals surface area contributed by atoms with E-state index >= 15 is 0 Å². The van der Waals surface area contributed by atoms with E-state index < -0.39 is 41.9 Å². The number of aromatic nitrogens is 2. The van der Waals surface area contributed by atoms with Crippen molar-refractivity contribution in [3.63, 3.8) is 0 Å². The monoisotopic (exact) mass is 331 g/mol. The van der Waals surface area contributed by atoms with Crippen LogP contribution in [0.25, 0.3) is 0 Å². The highest BCUT2D eigenvalue weighted by Gasteiger charge is 2.27. The lowest BCUT2D eigenvalue weighted by Gasteiger charge is -2.08. The van der Waals surface area contributed by atoms with Gasteiger partial charge in [0, 0.05) is 12.7 Å². The van der Waals surface area contributed by atoms with Crippen LogP contribution in [0.1, 0.15) is 0 Å². The Morgan fingerprint density at radius 3 is 2.71 bits per heavy atom. The molecule has 1 aromatic rings. The number of carbonyl (C=O) groups is 1. The molecular formula is C9H12F3N3O5S. The predicted molar refractivity (Wildman–Crippen MR) is 61.9 cm³/mol. The number of halogens is 3. The number of carboxylic acids is 1. The summed E-state index contributed by atoms with van der Waals surface area (Å²) in [6.07, 6.45) is -2.55. The van der Waals surface area contributed by atoms with E-state index in [9.17, 15) is 26.4 Å². The van der Waals surface area contributed by atoms with E-state index in [-0.39, 0.29) is 11.4 Å². The molecule has 0 spiro atoms. The van der Waals surface area contributed by atoms with Gasteiger partial charge in [-0.15, -0.1) is 0 Å². The third-order valence-electron chi connectivity index (χ3n) is 2.02. The summed E-state index contributed by atoms with van der Waals surface area (Å²) in [7, 11) is -3.98. The Morgan fingerprint density at radius 2 is 2.14 bits per heavy atom. The van der Waals surface area contributed by atoms with Gasteiger partial charge in [0.25, 0.3) is 0 Å². The van der Waals surface area contributed by atoms with Gasteiger partial charge in [-0.05, 0) is 0 Å². The molecule has 0 fully saturated rings. The molecule has 0 unspecified atom stereocenters. The second kappa shape index (κ2) is 6.87. The fourth-order valence-corrected chi connectivity index (χ4v) is 2.19. The number of hydrogen-bond acceptors (Lipinski definition) is 5. The summed E-state index contributed by atoms with van der Waals surface area (Å²) in [5.74, 6) is -1.20. The van der Waals surface area contributed by atoms with Crippen molar-refractivity contribution in [1.82, 2.24) is 14.5 Å². The van der Waals surface area contributed by atoms with Gasteiger partial charge in [-0.25, -0.2) is 13.1 Å². The standard InChI is InChI=1S/C9H12F3N3O5S/c10-9(11,12)6-20-2-1-14-21(18,19)7-3-13-15(4-7)5-8(16)17/h3-4,14H,1-2,5-6H2,(H,16,17). The molecule has 0 radical (unpaired) electrons.